The molecule has 1 aromatic heterocycles. The zero-order valence-corrected chi connectivity index (χ0v) is 24.0. The van der Waals surface area contributed by atoms with Crippen LogP contribution in [0.5, 0.6) is 5.75 Å². The van der Waals surface area contributed by atoms with Gasteiger partial charge in [-0.2, -0.15) is 0 Å². The number of ether oxygens (including phenoxy) is 1. The highest BCUT2D eigenvalue weighted by molar-refractivity contribution is 5.90. The van der Waals surface area contributed by atoms with Crippen LogP contribution < -0.4 is 4.74 Å². The molecule has 36 heavy (non-hydrogen) atoms. The fraction of sp³-hybridized carbons (Fsp3) is 0.765. The first-order valence-corrected chi connectivity index (χ1v) is 15.4. The van der Waals surface area contributed by atoms with Gasteiger partial charge in [0.25, 0.3) is 0 Å². The molecular formula is C34H51NO. The third-order valence-corrected chi connectivity index (χ3v) is 12.5. The van der Waals surface area contributed by atoms with Crippen molar-refractivity contribution in [2.24, 2.45) is 52.3 Å². The molecule has 4 aliphatic rings. The van der Waals surface area contributed by atoms with E-state index in [0.29, 0.717) is 10.8 Å². The number of rotatable bonds is 6. The van der Waals surface area contributed by atoms with E-state index in [4.69, 9.17) is 4.74 Å². The van der Waals surface area contributed by atoms with Crippen molar-refractivity contribution in [3.63, 3.8) is 0 Å². The number of methoxy groups -OCH3 is 1. The molecular weight excluding hydrogens is 438 g/mol. The molecule has 3 saturated carbocycles. The van der Waals surface area contributed by atoms with E-state index < -0.39 is 0 Å². The molecule has 6 rings (SSSR count). The molecule has 0 saturated heterocycles. The van der Waals surface area contributed by atoms with Crippen molar-refractivity contribution in [1.82, 2.24) is 4.98 Å². The molecule has 0 radical (unpaired) electrons. The van der Waals surface area contributed by atoms with Crippen LogP contribution in [0.25, 0.3) is 10.9 Å². The summed E-state index contributed by atoms with van der Waals surface area (Å²) in [6, 6.07) is 6.59. The summed E-state index contributed by atoms with van der Waals surface area (Å²) >= 11 is 0. The first-order valence-electron chi connectivity index (χ1n) is 15.4. The average molecular weight is 490 g/mol. The van der Waals surface area contributed by atoms with Gasteiger partial charge in [-0.1, -0.05) is 66.0 Å². The van der Waals surface area contributed by atoms with Crippen LogP contribution in [-0.4, -0.2) is 12.1 Å². The Hall–Kier alpha value is -1.44. The molecule has 4 aliphatic carbocycles. The Morgan fingerprint density at radius 1 is 0.972 bits per heavy atom. The average Bonchev–Trinajstić information content (AvgIpc) is 3.38. The zero-order chi connectivity index (χ0) is 25.2. The third kappa shape index (κ3) is 3.70. The van der Waals surface area contributed by atoms with E-state index in [1.165, 1.54) is 87.2 Å². The van der Waals surface area contributed by atoms with E-state index in [9.17, 15) is 0 Å². The maximum Gasteiger partial charge on any atom is 0.142 e. The fourth-order valence-electron chi connectivity index (χ4n) is 10.7. The number of aromatic nitrogens is 1. The van der Waals surface area contributed by atoms with Crippen molar-refractivity contribution in [2.75, 3.05) is 7.11 Å². The maximum atomic E-state index is 5.73. The van der Waals surface area contributed by atoms with Gasteiger partial charge >= 0.3 is 0 Å². The van der Waals surface area contributed by atoms with Crippen molar-refractivity contribution >= 4 is 10.9 Å². The maximum absolute atomic E-state index is 5.73. The quantitative estimate of drug-likeness (QED) is 0.430. The fourth-order valence-corrected chi connectivity index (χ4v) is 10.7. The normalized spacial score (nSPS) is 38.4. The number of nitrogens with one attached hydrogen (secondary N) is 1. The van der Waals surface area contributed by atoms with Crippen molar-refractivity contribution < 1.29 is 4.74 Å². The van der Waals surface area contributed by atoms with Gasteiger partial charge in [0.05, 0.1) is 12.6 Å². The molecule has 2 aromatic rings. The Labute approximate surface area is 220 Å². The van der Waals surface area contributed by atoms with Gasteiger partial charge in [-0.05, 0) is 115 Å². The molecule has 0 bridgehead atoms. The monoisotopic (exact) mass is 489 g/mol. The minimum Gasteiger partial charge on any atom is -0.495 e. The zero-order valence-electron chi connectivity index (χ0n) is 24.0. The van der Waals surface area contributed by atoms with Crippen LogP contribution in [0.15, 0.2) is 18.2 Å². The van der Waals surface area contributed by atoms with Gasteiger partial charge in [0, 0.05) is 11.1 Å². The Bertz CT molecular complexity index is 1100. The lowest BCUT2D eigenvalue weighted by Gasteiger charge is -2.60. The number of benzene rings is 1. The summed E-state index contributed by atoms with van der Waals surface area (Å²) in [7, 11) is 1.80. The number of fused-ring (bicyclic) bond motifs is 8. The minimum atomic E-state index is 0.451. The van der Waals surface area contributed by atoms with Gasteiger partial charge in [-0.3, -0.25) is 0 Å². The van der Waals surface area contributed by atoms with E-state index in [1.54, 1.807) is 12.7 Å². The van der Waals surface area contributed by atoms with Crippen LogP contribution in [0.4, 0.5) is 0 Å². The molecule has 1 heterocycles. The lowest BCUT2D eigenvalue weighted by Crippen LogP contribution is -2.54. The van der Waals surface area contributed by atoms with E-state index in [1.807, 2.05) is 0 Å². The topological polar surface area (TPSA) is 25.0 Å². The number of hydrogen-bond acceptors (Lipinski definition) is 1. The highest BCUT2D eigenvalue weighted by Crippen LogP contribution is 2.68. The van der Waals surface area contributed by atoms with Gasteiger partial charge in [-0.15, -0.1) is 0 Å². The predicted molar refractivity (Wildman–Crippen MR) is 151 cm³/mol. The molecule has 1 aromatic carbocycles. The first kappa shape index (κ1) is 24.9. The van der Waals surface area contributed by atoms with Crippen molar-refractivity contribution in [1.29, 1.82) is 0 Å². The standard InChI is InChI=1S/C34H51NO/c1-21(2)9-7-10-22(3)27-15-16-28-25-14-13-23-19-26-24-11-8-12-31(36-6)32(24)35-30(26)20-34(23,5)29(25)17-18-33(27,28)4/h8,11-12,21-23,25,27-29,35H,7,9-10,13-20H2,1-6H3. The van der Waals surface area contributed by atoms with Crippen LogP contribution >= 0.6 is 0 Å². The Morgan fingerprint density at radius 2 is 1.78 bits per heavy atom. The molecule has 2 nitrogen and oxygen atoms in total. The van der Waals surface area contributed by atoms with Gasteiger partial charge in [0.1, 0.15) is 5.75 Å². The second-order valence-corrected chi connectivity index (χ2v) is 14.5. The highest BCUT2D eigenvalue weighted by atomic mass is 16.5. The van der Waals surface area contributed by atoms with Crippen molar-refractivity contribution in [3.8, 4) is 5.75 Å². The number of aromatic amines is 1. The lowest BCUT2D eigenvalue weighted by atomic mass is 9.44. The molecule has 2 heteroatoms. The molecule has 3 fully saturated rings. The number of H-pyrrole nitrogens is 1. The van der Waals surface area contributed by atoms with Crippen molar-refractivity contribution in [3.05, 3.63) is 29.5 Å². The summed E-state index contributed by atoms with van der Waals surface area (Å²) in [5.74, 6) is 7.39. The van der Waals surface area contributed by atoms with E-state index in [-0.39, 0.29) is 0 Å². The molecule has 8 atom stereocenters. The molecule has 1 N–H and O–H groups in total. The van der Waals surface area contributed by atoms with E-state index in [2.05, 4.69) is 57.8 Å². The smallest absolute Gasteiger partial charge is 0.142 e. The summed E-state index contributed by atoms with van der Waals surface area (Å²) < 4.78 is 5.73. The molecule has 198 valence electrons. The highest BCUT2D eigenvalue weighted by Gasteiger charge is 2.60. The Balaban J connectivity index is 1.24. The molecule has 0 amide bonds. The van der Waals surface area contributed by atoms with Crippen LogP contribution in [0.3, 0.4) is 0 Å². The van der Waals surface area contributed by atoms with Crippen LogP contribution in [0.2, 0.25) is 0 Å². The lowest BCUT2D eigenvalue weighted by molar-refractivity contribution is -0.103. The molecule has 0 aliphatic heterocycles. The van der Waals surface area contributed by atoms with Crippen LogP contribution in [0, 0.1) is 52.3 Å². The van der Waals surface area contributed by atoms with Gasteiger partial charge in [0.15, 0.2) is 0 Å². The second kappa shape index (κ2) is 9.09. The van der Waals surface area contributed by atoms with Gasteiger partial charge in [0.2, 0.25) is 0 Å². The SMILES string of the molecule is COc1cccc2c3c([nH]c12)CC1(C)C(CCC2C1CCC1(C)C(C(C)CCCC(C)C)CCC21)C3. The minimum absolute atomic E-state index is 0.451. The Morgan fingerprint density at radius 3 is 2.56 bits per heavy atom. The van der Waals surface area contributed by atoms with E-state index >= 15 is 0 Å². The summed E-state index contributed by atoms with van der Waals surface area (Å²) in [6.07, 6.45) is 15.7. The van der Waals surface area contributed by atoms with Crippen LogP contribution in [-0.2, 0) is 12.8 Å². The van der Waals surface area contributed by atoms with Gasteiger partial charge < -0.3 is 9.72 Å². The first-order chi connectivity index (χ1) is 17.3. The third-order valence-electron chi connectivity index (χ3n) is 12.5. The number of hydrogen-bond donors (Lipinski definition) is 1. The summed E-state index contributed by atoms with van der Waals surface area (Å²) in [5.41, 5.74) is 5.39. The summed E-state index contributed by atoms with van der Waals surface area (Å²) in [4.78, 5) is 3.87. The van der Waals surface area contributed by atoms with Gasteiger partial charge in [-0.25, -0.2) is 0 Å². The largest absolute Gasteiger partial charge is 0.495 e. The summed E-state index contributed by atoms with van der Waals surface area (Å²) in [5, 5.41) is 1.41. The Kier molecular flexibility index (Phi) is 6.28. The summed E-state index contributed by atoms with van der Waals surface area (Å²) in [6.45, 7) is 12.8. The number of para-hydroxylation sites is 1. The van der Waals surface area contributed by atoms with Crippen molar-refractivity contribution in [2.45, 2.75) is 105 Å². The van der Waals surface area contributed by atoms with E-state index in [0.717, 1.165) is 47.2 Å². The molecule has 8 unspecified atom stereocenters. The molecule has 0 spiro atoms. The van der Waals surface area contributed by atoms with Crippen LogP contribution in [0.1, 0.15) is 104 Å². The second-order valence-electron chi connectivity index (χ2n) is 14.5. The predicted octanol–water partition coefficient (Wildman–Crippen LogP) is 9.21.